The zero-order chi connectivity index (χ0) is 13.9. The van der Waals surface area contributed by atoms with Crippen LogP contribution in [0.25, 0.3) is 0 Å². The summed E-state index contributed by atoms with van der Waals surface area (Å²) >= 11 is 8.24. The lowest BCUT2D eigenvalue weighted by molar-refractivity contribution is 0.0816. The first-order valence-electron chi connectivity index (χ1n) is 6.82. The third-order valence-electron chi connectivity index (χ3n) is 3.87. The van der Waals surface area contributed by atoms with Gasteiger partial charge in [-0.25, -0.2) is 0 Å². The smallest absolute Gasteiger partial charge is 0.0660 e. The van der Waals surface area contributed by atoms with Crippen molar-refractivity contribution >= 4 is 22.9 Å². The number of hydrogen-bond acceptors (Lipinski definition) is 3. The Bertz CT molecular complexity index is 583. The predicted octanol–water partition coefficient (Wildman–Crippen LogP) is 4.15. The minimum atomic E-state index is 0.224. The highest BCUT2D eigenvalue weighted by atomic mass is 35.5. The molecule has 20 heavy (non-hydrogen) atoms. The first kappa shape index (κ1) is 14.1. The van der Waals surface area contributed by atoms with Crippen LogP contribution >= 0.6 is 22.9 Å². The largest absolute Gasteiger partial charge is 0.383 e. The molecular weight excluding hydrogens is 290 g/mol. The first-order chi connectivity index (χ1) is 9.79. The highest BCUT2D eigenvalue weighted by molar-refractivity contribution is 7.10. The minimum absolute atomic E-state index is 0.224. The summed E-state index contributed by atoms with van der Waals surface area (Å²) < 4.78 is 5.44. The van der Waals surface area contributed by atoms with Crippen molar-refractivity contribution in [2.24, 2.45) is 0 Å². The quantitative estimate of drug-likeness (QED) is 0.841. The molecule has 2 heterocycles. The van der Waals surface area contributed by atoms with E-state index in [-0.39, 0.29) is 6.04 Å². The molecule has 1 aromatic heterocycles. The van der Waals surface area contributed by atoms with Crippen LogP contribution in [0, 0.1) is 0 Å². The molecule has 0 amide bonds. The second-order valence-corrected chi connectivity index (χ2v) is 6.49. The summed E-state index contributed by atoms with van der Waals surface area (Å²) in [6.07, 6.45) is 1.12. The number of nitrogens with zero attached hydrogens (tertiary/aromatic N) is 1. The zero-order valence-corrected chi connectivity index (χ0v) is 13.1. The molecule has 0 unspecified atom stereocenters. The van der Waals surface area contributed by atoms with Gasteiger partial charge in [-0.1, -0.05) is 29.8 Å². The standard InChI is InChI=1S/C16H18ClNOS/c1-19-11-15(13-4-2-3-5-14(13)17)18-8-6-16-12(10-18)7-9-20-16/h2-5,7,9,15H,6,8,10-11H2,1H3/t15-/m0/s1. The molecule has 0 bridgehead atoms. The maximum Gasteiger partial charge on any atom is 0.0660 e. The Balaban J connectivity index is 1.87. The Labute approximate surface area is 128 Å². The van der Waals surface area contributed by atoms with Crippen LogP contribution in [-0.2, 0) is 17.7 Å². The maximum atomic E-state index is 6.37. The third-order valence-corrected chi connectivity index (χ3v) is 5.23. The fraction of sp³-hybridized carbons (Fsp3) is 0.375. The van der Waals surface area contributed by atoms with E-state index >= 15 is 0 Å². The van der Waals surface area contributed by atoms with Gasteiger partial charge in [0.25, 0.3) is 0 Å². The van der Waals surface area contributed by atoms with Crippen LogP contribution in [0.2, 0.25) is 5.02 Å². The fourth-order valence-electron chi connectivity index (χ4n) is 2.83. The van der Waals surface area contributed by atoms with Gasteiger partial charge in [-0.2, -0.15) is 0 Å². The number of fused-ring (bicyclic) bond motifs is 1. The molecule has 2 aromatic rings. The van der Waals surface area contributed by atoms with Gasteiger partial charge in [0.2, 0.25) is 0 Å². The molecule has 0 N–H and O–H groups in total. The van der Waals surface area contributed by atoms with Crippen molar-refractivity contribution in [1.82, 2.24) is 4.90 Å². The van der Waals surface area contributed by atoms with Gasteiger partial charge in [0.1, 0.15) is 0 Å². The fourth-order valence-corrected chi connectivity index (χ4v) is 3.98. The molecule has 1 aliphatic heterocycles. The number of benzene rings is 1. The summed E-state index contributed by atoms with van der Waals surface area (Å²) in [6.45, 7) is 2.72. The molecule has 3 rings (SSSR count). The van der Waals surface area contributed by atoms with Gasteiger partial charge in [0.05, 0.1) is 12.6 Å². The molecule has 0 saturated heterocycles. The molecule has 1 aliphatic rings. The Morgan fingerprint density at radius 3 is 3.00 bits per heavy atom. The van der Waals surface area contributed by atoms with Gasteiger partial charge < -0.3 is 4.74 Å². The molecule has 106 valence electrons. The van der Waals surface area contributed by atoms with E-state index in [2.05, 4.69) is 22.4 Å². The predicted molar refractivity (Wildman–Crippen MR) is 84.5 cm³/mol. The third kappa shape index (κ3) is 2.77. The van der Waals surface area contributed by atoms with Crippen LogP contribution in [0.3, 0.4) is 0 Å². The van der Waals surface area contributed by atoms with E-state index < -0.39 is 0 Å². The first-order valence-corrected chi connectivity index (χ1v) is 8.08. The van der Waals surface area contributed by atoms with Crippen molar-refractivity contribution in [3.63, 3.8) is 0 Å². The van der Waals surface area contributed by atoms with Crippen molar-refractivity contribution in [3.8, 4) is 0 Å². The second kappa shape index (κ2) is 6.27. The molecule has 2 nitrogen and oxygen atoms in total. The number of thiophene rings is 1. The number of methoxy groups -OCH3 is 1. The summed E-state index contributed by atoms with van der Waals surface area (Å²) in [4.78, 5) is 4.00. The van der Waals surface area contributed by atoms with Gasteiger partial charge in [0, 0.05) is 30.1 Å². The van der Waals surface area contributed by atoms with E-state index in [9.17, 15) is 0 Å². The highest BCUT2D eigenvalue weighted by Gasteiger charge is 2.26. The summed E-state index contributed by atoms with van der Waals surface area (Å²) in [7, 11) is 1.75. The Hall–Kier alpha value is -0.870. The highest BCUT2D eigenvalue weighted by Crippen LogP contribution is 2.33. The van der Waals surface area contributed by atoms with E-state index in [1.54, 1.807) is 7.11 Å². The Morgan fingerprint density at radius 2 is 2.20 bits per heavy atom. The lowest BCUT2D eigenvalue weighted by atomic mass is 10.0. The molecule has 0 fully saturated rings. The molecule has 0 saturated carbocycles. The zero-order valence-electron chi connectivity index (χ0n) is 11.5. The lowest BCUT2D eigenvalue weighted by Gasteiger charge is -2.34. The lowest BCUT2D eigenvalue weighted by Crippen LogP contribution is -2.35. The van der Waals surface area contributed by atoms with Gasteiger partial charge in [0.15, 0.2) is 0 Å². The monoisotopic (exact) mass is 307 g/mol. The van der Waals surface area contributed by atoms with Gasteiger partial charge in [-0.05, 0) is 35.1 Å². The summed E-state index contributed by atoms with van der Waals surface area (Å²) in [5.74, 6) is 0. The molecule has 0 spiro atoms. The molecule has 1 atom stereocenters. The van der Waals surface area contributed by atoms with Crippen LogP contribution in [0.4, 0.5) is 0 Å². The number of rotatable bonds is 4. The van der Waals surface area contributed by atoms with Crippen molar-refractivity contribution in [2.45, 2.75) is 19.0 Å². The van der Waals surface area contributed by atoms with Crippen LogP contribution in [0.5, 0.6) is 0 Å². The van der Waals surface area contributed by atoms with Crippen LogP contribution in [0.15, 0.2) is 35.7 Å². The van der Waals surface area contributed by atoms with Crippen molar-refractivity contribution < 1.29 is 4.74 Å². The van der Waals surface area contributed by atoms with E-state index in [1.165, 1.54) is 10.4 Å². The summed E-state index contributed by atoms with van der Waals surface area (Å²) in [6, 6.07) is 10.5. The van der Waals surface area contributed by atoms with E-state index in [1.807, 2.05) is 29.5 Å². The van der Waals surface area contributed by atoms with E-state index in [0.29, 0.717) is 6.61 Å². The van der Waals surface area contributed by atoms with Crippen LogP contribution in [0.1, 0.15) is 22.0 Å². The molecule has 0 aliphatic carbocycles. The summed E-state index contributed by atoms with van der Waals surface area (Å²) in [5, 5.41) is 3.01. The average molecular weight is 308 g/mol. The normalized spacial score (nSPS) is 16.9. The van der Waals surface area contributed by atoms with Crippen molar-refractivity contribution in [1.29, 1.82) is 0 Å². The second-order valence-electron chi connectivity index (χ2n) is 5.08. The topological polar surface area (TPSA) is 12.5 Å². The van der Waals surface area contributed by atoms with Crippen LogP contribution < -0.4 is 0 Å². The Kier molecular flexibility index (Phi) is 4.41. The maximum absolute atomic E-state index is 6.37. The minimum Gasteiger partial charge on any atom is -0.383 e. The molecule has 1 aromatic carbocycles. The molecule has 0 radical (unpaired) electrons. The van der Waals surface area contributed by atoms with Crippen LogP contribution in [-0.4, -0.2) is 25.2 Å². The Morgan fingerprint density at radius 1 is 1.35 bits per heavy atom. The van der Waals surface area contributed by atoms with Gasteiger partial charge in [-0.15, -0.1) is 11.3 Å². The van der Waals surface area contributed by atoms with E-state index in [4.69, 9.17) is 16.3 Å². The van der Waals surface area contributed by atoms with Crippen molar-refractivity contribution in [2.75, 3.05) is 20.3 Å². The SMILES string of the molecule is COC[C@@H](c1ccccc1Cl)N1CCc2sccc2C1. The van der Waals surface area contributed by atoms with Gasteiger partial charge in [-0.3, -0.25) is 4.90 Å². The molecule has 4 heteroatoms. The number of halogens is 1. The molecular formula is C16H18ClNOS. The summed E-state index contributed by atoms with van der Waals surface area (Å²) in [5.41, 5.74) is 2.61. The van der Waals surface area contributed by atoms with Crippen molar-refractivity contribution in [3.05, 3.63) is 56.7 Å². The van der Waals surface area contributed by atoms with E-state index in [0.717, 1.165) is 30.1 Å². The average Bonchev–Trinajstić information content (AvgIpc) is 2.93. The van der Waals surface area contributed by atoms with Gasteiger partial charge >= 0.3 is 0 Å². The number of ether oxygens (including phenoxy) is 1. The number of hydrogen-bond donors (Lipinski definition) is 0.